The first-order valence-corrected chi connectivity index (χ1v) is 10.7. The number of hydrogen-bond donors (Lipinski definition) is 2. The smallest absolute Gasteiger partial charge is 0.191 e. The van der Waals surface area contributed by atoms with Gasteiger partial charge in [0.05, 0.1) is 19.8 Å². The Morgan fingerprint density at radius 3 is 2.52 bits per heavy atom. The first-order valence-electron chi connectivity index (χ1n) is 9.91. The molecule has 2 heterocycles. The fourth-order valence-electron chi connectivity index (χ4n) is 3.51. The summed E-state index contributed by atoms with van der Waals surface area (Å²) in [6, 6.07) is 0.513. The maximum atomic E-state index is 5.54. The van der Waals surface area contributed by atoms with Crippen molar-refractivity contribution in [2.24, 2.45) is 10.9 Å². The van der Waals surface area contributed by atoms with E-state index >= 15 is 0 Å². The average Bonchev–Trinajstić information content (AvgIpc) is 3.16. The van der Waals surface area contributed by atoms with Gasteiger partial charge in [0.25, 0.3) is 0 Å². The molecule has 1 unspecified atom stereocenters. The lowest BCUT2D eigenvalue weighted by atomic mass is 9.92. The summed E-state index contributed by atoms with van der Waals surface area (Å²) in [6.45, 7) is 12.1. The number of nitrogens with one attached hydrogen (secondary N) is 2. The van der Waals surface area contributed by atoms with Crippen LogP contribution in [0.15, 0.2) is 11.2 Å². The van der Waals surface area contributed by atoms with Crippen LogP contribution in [0.25, 0.3) is 0 Å². The van der Waals surface area contributed by atoms with E-state index in [1.807, 2.05) is 13.2 Å². The fourth-order valence-corrected chi connectivity index (χ4v) is 4.31. The molecule has 1 aromatic heterocycles. The summed E-state index contributed by atoms with van der Waals surface area (Å²) in [5, 5.41) is 8.05. The Kier molecular flexibility index (Phi) is 12.5. The molecule has 8 heteroatoms. The summed E-state index contributed by atoms with van der Waals surface area (Å²) in [7, 11) is 1.83. The van der Waals surface area contributed by atoms with Gasteiger partial charge >= 0.3 is 0 Å². The Balaban J connectivity index is 0.00000364. The summed E-state index contributed by atoms with van der Waals surface area (Å²) in [6.07, 6.45) is 5.41. The summed E-state index contributed by atoms with van der Waals surface area (Å²) >= 11 is 1.77. The molecule has 27 heavy (non-hydrogen) atoms. The van der Waals surface area contributed by atoms with E-state index in [0.717, 1.165) is 56.8 Å². The molecule has 6 nitrogen and oxygen atoms in total. The highest BCUT2D eigenvalue weighted by Crippen LogP contribution is 2.19. The van der Waals surface area contributed by atoms with Crippen molar-refractivity contribution in [3.05, 3.63) is 16.1 Å². The highest BCUT2D eigenvalue weighted by Gasteiger charge is 2.27. The van der Waals surface area contributed by atoms with E-state index in [4.69, 9.17) is 4.74 Å². The minimum absolute atomic E-state index is 0. The summed E-state index contributed by atoms with van der Waals surface area (Å²) in [5.74, 6) is 1.53. The van der Waals surface area contributed by atoms with Crippen LogP contribution in [-0.4, -0.2) is 61.8 Å². The SMILES string of the molecule is CCc1cnc(CNC(=NC)NCC(C(CC)CC)N2CCOCC2)s1.I. The maximum absolute atomic E-state index is 5.54. The third-order valence-electron chi connectivity index (χ3n) is 5.17. The Labute approximate surface area is 185 Å². The zero-order chi connectivity index (χ0) is 18.8. The van der Waals surface area contributed by atoms with Gasteiger partial charge in [-0.1, -0.05) is 33.6 Å². The molecule has 0 aliphatic carbocycles. The van der Waals surface area contributed by atoms with Crippen molar-refractivity contribution in [2.45, 2.75) is 52.6 Å². The van der Waals surface area contributed by atoms with Crippen LogP contribution in [0.3, 0.4) is 0 Å². The molecule has 0 aromatic carbocycles. The highest BCUT2D eigenvalue weighted by atomic mass is 127. The van der Waals surface area contributed by atoms with E-state index in [1.54, 1.807) is 11.3 Å². The van der Waals surface area contributed by atoms with Crippen molar-refractivity contribution in [1.82, 2.24) is 20.5 Å². The molecule has 1 aliphatic rings. The normalized spacial score (nSPS) is 16.9. The topological polar surface area (TPSA) is 61.8 Å². The van der Waals surface area contributed by atoms with Crippen LogP contribution in [-0.2, 0) is 17.7 Å². The minimum Gasteiger partial charge on any atom is -0.379 e. The lowest BCUT2D eigenvalue weighted by Gasteiger charge is -2.39. The highest BCUT2D eigenvalue weighted by molar-refractivity contribution is 14.0. The zero-order valence-corrected chi connectivity index (χ0v) is 20.3. The van der Waals surface area contributed by atoms with E-state index in [2.05, 4.69) is 46.3 Å². The van der Waals surface area contributed by atoms with E-state index in [0.29, 0.717) is 12.0 Å². The van der Waals surface area contributed by atoms with Crippen molar-refractivity contribution in [3.8, 4) is 0 Å². The van der Waals surface area contributed by atoms with Gasteiger partial charge in [0.15, 0.2) is 5.96 Å². The van der Waals surface area contributed by atoms with Crippen LogP contribution in [0.5, 0.6) is 0 Å². The number of aromatic nitrogens is 1. The Morgan fingerprint density at radius 1 is 1.26 bits per heavy atom. The molecule has 1 fully saturated rings. The Bertz CT molecular complexity index is 544. The number of morpholine rings is 1. The quantitative estimate of drug-likeness (QED) is 0.304. The van der Waals surface area contributed by atoms with Crippen molar-refractivity contribution in [1.29, 1.82) is 0 Å². The number of nitrogens with zero attached hydrogens (tertiary/aromatic N) is 3. The number of halogens is 1. The van der Waals surface area contributed by atoms with Gasteiger partial charge in [-0.2, -0.15) is 0 Å². The lowest BCUT2D eigenvalue weighted by molar-refractivity contribution is 0.00272. The van der Waals surface area contributed by atoms with Crippen molar-refractivity contribution >= 4 is 41.3 Å². The van der Waals surface area contributed by atoms with E-state index in [-0.39, 0.29) is 24.0 Å². The average molecular weight is 510 g/mol. The predicted octanol–water partition coefficient (Wildman–Crippen LogP) is 3.13. The van der Waals surface area contributed by atoms with Gasteiger partial charge in [-0.05, 0) is 12.3 Å². The molecule has 1 aliphatic heterocycles. The fraction of sp³-hybridized carbons (Fsp3) is 0.789. The van der Waals surface area contributed by atoms with Crippen LogP contribution in [0.1, 0.15) is 43.5 Å². The van der Waals surface area contributed by atoms with Crippen molar-refractivity contribution in [2.75, 3.05) is 39.9 Å². The van der Waals surface area contributed by atoms with Gasteiger partial charge < -0.3 is 15.4 Å². The van der Waals surface area contributed by atoms with Crippen molar-refractivity contribution < 1.29 is 4.74 Å². The third-order valence-corrected chi connectivity index (χ3v) is 6.31. The molecule has 2 rings (SSSR count). The maximum Gasteiger partial charge on any atom is 0.191 e. The van der Waals surface area contributed by atoms with Crippen LogP contribution in [0, 0.1) is 5.92 Å². The number of hydrogen-bond acceptors (Lipinski definition) is 5. The van der Waals surface area contributed by atoms with Gasteiger partial charge in [-0.3, -0.25) is 9.89 Å². The van der Waals surface area contributed by atoms with Gasteiger partial charge in [0.2, 0.25) is 0 Å². The molecule has 0 radical (unpaired) electrons. The molecule has 156 valence electrons. The molecule has 0 bridgehead atoms. The van der Waals surface area contributed by atoms with Gasteiger partial charge in [-0.15, -0.1) is 35.3 Å². The summed E-state index contributed by atoms with van der Waals surface area (Å²) < 4.78 is 5.54. The van der Waals surface area contributed by atoms with E-state index in [9.17, 15) is 0 Å². The van der Waals surface area contributed by atoms with Gasteiger partial charge in [0, 0.05) is 43.8 Å². The molecule has 2 N–H and O–H groups in total. The second-order valence-electron chi connectivity index (χ2n) is 6.67. The zero-order valence-electron chi connectivity index (χ0n) is 17.2. The Morgan fingerprint density at radius 2 is 1.96 bits per heavy atom. The number of aryl methyl sites for hydroxylation is 1. The second-order valence-corrected chi connectivity index (χ2v) is 7.87. The third kappa shape index (κ3) is 7.83. The number of rotatable bonds is 9. The minimum atomic E-state index is 0. The monoisotopic (exact) mass is 509 g/mol. The van der Waals surface area contributed by atoms with Gasteiger partial charge in [-0.25, -0.2) is 4.98 Å². The summed E-state index contributed by atoms with van der Waals surface area (Å²) in [5.41, 5.74) is 0. The van der Waals surface area contributed by atoms with Gasteiger partial charge in [0.1, 0.15) is 5.01 Å². The van der Waals surface area contributed by atoms with E-state index < -0.39 is 0 Å². The summed E-state index contributed by atoms with van der Waals surface area (Å²) in [4.78, 5) is 12.8. The van der Waals surface area contributed by atoms with Crippen LogP contribution >= 0.6 is 35.3 Å². The first kappa shape index (κ1) is 24.6. The molecule has 1 atom stereocenters. The molecule has 0 amide bonds. The molecule has 1 aromatic rings. The van der Waals surface area contributed by atoms with Crippen molar-refractivity contribution in [3.63, 3.8) is 0 Å². The number of aliphatic imine (C=N–C) groups is 1. The van der Waals surface area contributed by atoms with Crippen LogP contribution in [0.2, 0.25) is 0 Å². The second kappa shape index (κ2) is 13.7. The van der Waals surface area contributed by atoms with E-state index in [1.165, 1.54) is 17.7 Å². The van der Waals surface area contributed by atoms with Crippen LogP contribution in [0.4, 0.5) is 0 Å². The molecular formula is C19H36IN5OS. The molecular weight excluding hydrogens is 473 g/mol. The predicted molar refractivity (Wildman–Crippen MR) is 125 cm³/mol. The van der Waals surface area contributed by atoms with Crippen LogP contribution < -0.4 is 10.6 Å². The molecule has 1 saturated heterocycles. The Hall–Kier alpha value is -0.450. The number of ether oxygens (including phenoxy) is 1. The molecule has 0 spiro atoms. The largest absolute Gasteiger partial charge is 0.379 e. The number of thiazole rings is 1. The number of guanidine groups is 1. The standard InChI is InChI=1S/C19H35N5OS.HI/c1-5-15(6-2)17(24-8-10-25-11-9-24)13-22-19(20-4)23-14-18-21-12-16(7-3)26-18;/h12,15,17H,5-11,13-14H2,1-4H3,(H2,20,22,23);1H. The lowest BCUT2D eigenvalue weighted by Crippen LogP contribution is -2.53. The molecule has 0 saturated carbocycles. The first-order chi connectivity index (χ1) is 12.7.